The van der Waals surface area contributed by atoms with Gasteiger partial charge in [0.25, 0.3) is 0 Å². The maximum absolute atomic E-state index is 13.6. The third-order valence-corrected chi connectivity index (χ3v) is 6.58. The molecule has 8 heteroatoms. The predicted octanol–water partition coefficient (Wildman–Crippen LogP) is 3.65. The molecule has 2 rings (SSSR count). The molecule has 0 saturated carbocycles. The zero-order valence-corrected chi connectivity index (χ0v) is 21.9. The molecular formula is C26H37N3O4S. The number of aryl methyl sites for hydroxylation is 2. The molecule has 1 N–H and O–H groups in total. The summed E-state index contributed by atoms with van der Waals surface area (Å²) in [6, 6.07) is 14.1. The predicted molar refractivity (Wildman–Crippen MR) is 137 cm³/mol. The van der Waals surface area contributed by atoms with E-state index in [1.807, 2.05) is 71.0 Å². The number of carbonyl (C=O) groups is 2. The van der Waals surface area contributed by atoms with Crippen LogP contribution in [0.2, 0.25) is 0 Å². The molecule has 0 unspecified atom stereocenters. The SMILES string of the molecule is CC[C@H](C(=O)NCC(C)C)N(Cc1ccccc1)C(=O)CN(c1cc(C)cc(C)c1)S(C)(=O)=O. The molecule has 2 aromatic rings. The Morgan fingerprint density at radius 2 is 1.59 bits per heavy atom. The second-order valence-electron chi connectivity index (χ2n) is 9.19. The molecule has 0 radical (unpaired) electrons. The lowest BCUT2D eigenvalue weighted by atomic mass is 10.1. The molecule has 0 aliphatic heterocycles. The van der Waals surface area contributed by atoms with Gasteiger partial charge in [0.05, 0.1) is 11.9 Å². The highest BCUT2D eigenvalue weighted by Gasteiger charge is 2.31. The van der Waals surface area contributed by atoms with Gasteiger partial charge in [-0.15, -0.1) is 0 Å². The summed E-state index contributed by atoms with van der Waals surface area (Å²) in [6.45, 7) is 9.94. The van der Waals surface area contributed by atoms with E-state index in [4.69, 9.17) is 0 Å². The third kappa shape index (κ3) is 7.87. The molecule has 186 valence electrons. The van der Waals surface area contributed by atoms with Crippen LogP contribution in [0.5, 0.6) is 0 Å². The van der Waals surface area contributed by atoms with Gasteiger partial charge < -0.3 is 10.2 Å². The van der Waals surface area contributed by atoms with Gasteiger partial charge in [-0.05, 0) is 55.0 Å². The lowest BCUT2D eigenvalue weighted by Gasteiger charge is -2.33. The molecule has 0 bridgehead atoms. The van der Waals surface area contributed by atoms with E-state index in [1.54, 1.807) is 12.1 Å². The molecule has 0 spiro atoms. The largest absolute Gasteiger partial charge is 0.354 e. The van der Waals surface area contributed by atoms with Gasteiger partial charge in [-0.25, -0.2) is 8.42 Å². The van der Waals surface area contributed by atoms with Crippen molar-refractivity contribution in [2.24, 2.45) is 5.92 Å². The van der Waals surface area contributed by atoms with E-state index in [0.29, 0.717) is 18.7 Å². The summed E-state index contributed by atoms with van der Waals surface area (Å²) >= 11 is 0. The molecule has 7 nitrogen and oxygen atoms in total. The lowest BCUT2D eigenvalue weighted by molar-refractivity contribution is -0.140. The fourth-order valence-corrected chi connectivity index (χ4v) is 4.66. The quantitative estimate of drug-likeness (QED) is 0.524. The molecule has 2 aromatic carbocycles. The van der Waals surface area contributed by atoms with Crippen molar-refractivity contribution in [1.29, 1.82) is 0 Å². The average Bonchev–Trinajstić information content (AvgIpc) is 2.74. The van der Waals surface area contributed by atoms with Crippen molar-refractivity contribution in [2.75, 3.05) is 23.7 Å². The van der Waals surface area contributed by atoms with Crippen LogP contribution in [0, 0.1) is 19.8 Å². The highest BCUT2D eigenvalue weighted by Crippen LogP contribution is 2.22. The summed E-state index contributed by atoms with van der Waals surface area (Å²) < 4.78 is 26.5. The monoisotopic (exact) mass is 487 g/mol. The van der Waals surface area contributed by atoms with Gasteiger partial charge in [0, 0.05) is 13.1 Å². The van der Waals surface area contributed by atoms with Crippen molar-refractivity contribution in [3.8, 4) is 0 Å². The first-order chi connectivity index (χ1) is 15.9. The van der Waals surface area contributed by atoms with Crippen LogP contribution in [0.1, 0.15) is 43.9 Å². The Hall–Kier alpha value is -2.87. The van der Waals surface area contributed by atoms with Crippen LogP contribution in [0.3, 0.4) is 0 Å². The molecule has 0 aliphatic carbocycles. The van der Waals surface area contributed by atoms with Crippen LogP contribution in [-0.4, -0.2) is 50.5 Å². The van der Waals surface area contributed by atoms with E-state index in [0.717, 1.165) is 27.3 Å². The first-order valence-electron chi connectivity index (χ1n) is 11.6. The molecule has 0 saturated heterocycles. The van der Waals surface area contributed by atoms with Gasteiger partial charge >= 0.3 is 0 Å². The van der Waals surface area contributed by atoms with Gasteiger partial charge in [0.2, 0.25) is 21.8 Å². The van der Waals surface area contributed by atoms with Gasteiger partial charge in [0.1, 0.15) is 12.6 Å². The molecule has 0 heterocycles. The van der Waals surface area contributed by atoms with E-state index in [2.05, 4.69) is 5.32 Å². The van der Waals surface area contributed by atoms with Gasteiger partial charge in [0.15, 0.2) is 0 Å². The van der Waals surface area contributed by atoms with Crippen molar-refractivity contribution in [3.63, 3.8) is 0 Å². The fourth-order valence-electron chi connectivity index (χ4n) is 3.83. The van der Waals surface area contributed by atoms with E-state index in [9.17, 15) is 18.0 Å². The minimum absolute atomic E-state index is 0.206. The Bertz CT molecular complexity index is 1060. The Morgan fingerprint density at radius 3 is 2.09 bits per heavy atom. The first-order valence-corrected chi connectivity index (χ1v) is 13.4. The number of nitrogens with one attached hydrogen (secondary N) is 1. The molecule has 0 aliphatic rings. The summed E-state index contributed by atoms with van der Waals surface area (Å²) in [5, 5.41) is 2.92. The molecule has 1 atom stereocenters. The van der Waals surface area contributed by atoms with Crippen molar-refractivity contribution < 1.29 is 18.0 Å². The minimum atomic E-state index is -3.74. The number of rotatable bonds is 11. The van der Waals surface area contributed by atoms with E-state index in [1.165, 1.54) is 4.90 Å². The number of benzene rings is 2. The Balaban J connectivity index is 2.42. The smallest absolute Gasteiger partial charge is 0.244 e. The number of hydrogen-bond donors (Lipinski definition) is 1. The van der Waals surface area contributed by atoms with Gasteiger partial charge in [-0.3, -0.25) is 13.9 Å². The first kappa shape index (κ1) is 27.4. The number of sulfonamides is 1. The topological polar surface area (TPSA) is 86.8 Å². The zero-order valence-electron chi connectivity index (χ0n) is 21.0. The molecular weight excluding hydrogens is 450 g/mol. The highest BCUT2D eigenvalue weighted by molar-refractivity contribution is 7.92. The van der Waals surface area contributed by atoms with Crippen molar-refractivity contribution in [2.45, 2.75) is 53.6 Å². The maximum atomic E-state index is 13.6. The summed E-state index contributed by atoms with van der Waals surface area (Å²) in [4.78, 5) is 28.1. The molecule has 2 amide bonds. The Morgan fingerprint density at radius 1 is 1.00 bits per heavy atom. The number of amides is 2. The zero-order chi connectivity index (χ0) is 25.5. The van der Waals surface area contributed by atoms with Crippen molar-refractivity contribution >= 4 is 27.5 Å². The van der Waals surface area contributed by atoms with Crippen molar-refractivity contribution in [3.05, 3.63) is 65.2 Å². The normalized spacial score (nSPS) is 12.3. The lowest BCUT2D eigenvalue weighted by Crippen LogP contribution is -2.52. The van der Waals surface area contributed by atoms with Crippen LogP contribution < -0.4 is 9.62 Å². The molecule has 0 fully saturated rings. The third-order valence-electron chi connectivity index (χ3n) is 5.44. The van der Waals surface area contributed by atoms with Gasteiger partial charge in [-0.1, -0.05) is 57.2 Å². The summed E-state index contributed by atoms with van der Waals surface area (Å²) in [5.41, 5.74) is 3.10. The second-order valence-corrected chi connectivity index (χ2v) is 11.1. The number of hydrogen-bond acceptors (Lipinski definition) is 4. The minimum Gasteiger partial charge on any atom is -0.354 e. The number of carbonyl (C=O) groups excluding carboxylic acids is 2. The number of anilines is 1. The van der Waals surface area contributed by atoms with Gasteiger partial charge in [-0.2, -0.15) is 0 Å². The van der Waals surface area contributed by atoms with E-state index >= 15 is 0 Å². The average molecular weight is 488 g/mol. The van der Waals surface area contributed by atoms with Crippen LogP contribution >= 0.6 is 0 Å². The Labute approximate surface area is 204 Å². The Kier molecular flexibility index (Phi) is 9.67. The van der Waals surface area contributed by atoms with Crippen LogP contribution in [-0.2, 0) is 26.2 Å². The maximum Gasteiger partial charge on any atom is 0.244 e. The summed E-state index contributed by atoms with van der Waals surface area (Å²) in [6.07, 6.45) is 1.50. The second kappa shape index (κ2) is 12.0. The van der Waals surface area contributed by atoms with Crippen LogP contribution in [0.4, 0.5) is 5.69 Å². The molecule has 0 aromatic heterocycles. The van der Waals surface area contributed by atoms with E-state index < -0.39 is 22.0 Å². The van der Waals surface area contributed by atoms with E-state index in [-0.39, 0.29) is 24.9 Å². The van der Waals surface area contributed by atoms with Crippen LogP contribution in [0.25, 0.3) is 0 Å². The fraction of sp³-hybridized carbons (Fsp3) is 0.462. The standard InChI is InChI=1S/C26H37N3O4S/c1-7-24(26(31)27-16-19(2)3)28(17-22-11-9-8-10-12-22)25(30)18-29(34(6,32)33)23-14-20(4)13-21(5)15-23/h8-15,19,24H,7,16-18H2,1-6H3,(H,27,31)/t24-/m1/s1. The molecule has 34 heavy (non-hydrogen) atoms. The summed E-state index contributed by atoms with van der Waals surface area (Å²) in [7, 11) is -3.74. The van der Waals surface area contributed by atoms with Crippen LogP contribution in [0.15, 0.2) is 48.5 Å². The highest BCUT2D eigenvalue weighted by atomic mass is 32.2. The number of nitrogens with zero attached hydrogens (tertiary/aromatic N) is 2. The summed E-state index contributed by atoms with van der Waals surface area (Å²) in [5.74, 6) is -0.400. The van der Waals surface area contributed by atoms with Crippen molar-refractivity contribution in [1.82, 2.24) is 10.2 Å².